The molecule has 2 heterocycles. The molecule has 0 spiro atoms. The number of piperazine rings is 1. The predicted molar refractivity (Wildman–Crippen MR) is 115 cm³/mol. The highest BCUT2D eigenvalue weighted by atomic mass is 16.2. The van der Waals surface area contributed by atoms with Crippen molar-refractivity contribution in [1.29, 1.82) is 0 Å². The maximum absolute atomic E-state index is 12.5. The van der Waals surface area contributed by atoms with Gasteiger partial charge in [-0.2, -0.15) is 0 Å². The van der Waals surface area contributed by atoms with E-state index in [0.29, 0.717) is 37.4 Å². The Morgan fingerprint density at radius 3 is 2.45 bits per heavy atom. The van der Waals surface area contributed by atoms with Gasteiger partial charge in [-0.15, -0.1) is 0 Å². The highest BCUT2D eigenvalue weighted by Gasteiger charge is 2.21. The van der Waals surface area contributed by atoms with Crippen LogP contribution < -0.4 is 15.5 Å². The van der Waals surface area contributed by atoms with E-state index in [2.05, 4.69) is 32.7 Å². The van der Waals surface area contributed by atoms with Crippen molar-refractivity contribution in [2.45, 2.75) is 26.3 Å². The molecule has 1 aromatic heterocycles. The maximum Gasteiger partial charge on any atom is 0.255 e. The molecule has 0 unspecified atom stereocenters. The summed E-state index contributed by atoms with van der Waals surface area (Å²) in [5, 5.41) is 6.01. The second kappa shape index (κ2) is 9.91. The molecule has 0 bridgehead atoms. The first kappa shape index (κ1) is 20.6. The SMILES string of the molecule is CC(C)Nc1ncccc1C(=O)NCCC(=O)N1CCN(c2ccccc2)CC1. The summed E-state index contributed by atoms with van der Waals surface area (Å²) in [6, 6.07) is 13.9. The van der Waals surface area contributed by atoms with E-state index in [-0.39, 0.29) is 17.9 Å². The zero-order valence-electron chi connectivity index (χ0n) is 17.1. The lowest BCUT2D eigenvalue weighted by molar-refractivity contribution is -0.131. The number of nitrogens with one attached hydrogen (secondary N) is 2. The molecule has 0 aliphatic carbocycles. The van der Waals surface area contributed by atoms with Crippen molar-refractivity contribution in [3.05, 3.63) is 54.2 Å². The fraction of sp³-hybridized carbons (Fsp3) is 0.409. The molecule has 2 N–H and O–H groups in total. The number of amides is 2. The van der Waals surface area contributed by atoms with Crippen LogP contribution in [0.15, 0.2) is 48.7 Å². The van der Waals surface area contributed by atoms with Crippen LogP contribution in [0.2, 0.25) is 0 Å². The third-order valence-corrected chi connectivity index (χ3v) is 4.86. The first-order valence-electron chi connectivity index (χ1n) is 10.1. The smallest absolute Gasteiger partial charge is 0.255 e. The summed E-state index contributed by atoms with van der Waals surface area (Å²) >= 11 is 0. The van der Waals surface area contributed by atoms with Crippen molar-refractivity contribution in [1.82, 2.24) is 15.2 Å². The fourth-order valence-electron chi connectivity index (χ4n) is 3.37. The molecule has 0 atom stereocenters. The Hall–Kier alpha value is -3.09. The van der Waals surface area contributed by atoms with Crippen molar-refractivity contribution < 1.29 is 9.59 Å². The van der Waals surface area contributed by atoms with E-state index in [4.69, 9.17) is 0 Å². The summed E-state index contributed by atoms with van der Waals surface area (Å²) < 4.78 is 0. The largest absolute Gasteiger partial charge is 0.368 e. The van der Waals surface area contributed by atoms with Crippen LogP contribution in [0, 0.1) is 0 Å². The molecular weight excluding hydrogens is 366 g/mol. The van der Waals surface area contributed by atoms with Crippen LogP contribution in [0.3, 0.4) is 0 Å². The van der Waals surface area contributed by atoms with Crippen molar-refractivity contribution in [3.8, 4) is 0 Å². The van der Waals surface area contributed by atoms with Gasteiger partial charge in [0.1, 0.15) is 5.82 Å². The lowest BCUT2D eigenvalue weighted by Crippen LogP contribution is -2.49. The van der Waals surface area contributed by atoms with Crippen LogP contribution in [0.4, 0.5) is 11.5 Å². The molecule has 1 fully saturated rings. The van der Waals surface area contributed by atoms with Gasteiger partial charge in [0.2, 0.25) is 5.91 Å². The summed E-state index contributed by atoms with van der Waals surface area (Å²) in [6.45, 7) is 7.34. The number of rotatable bonds is 7. The topological polar surface area (TPSA) is 77.6 Å². The van der Waals surface area contributed by atoms with Crippen molar-refractivity contribution in [2.75, 3.05) is 42.9 Å². The Morgan fingerprint density at radius 2 is 1.76 bits per heavy atom. The summed E-state index contributed by atoms with van der Waals surface area (Å²) in [5.41, 5.74) is 1.68. The standard InChI is InChI=1S/C22H29N5O2/c1-17(2)25-21-19(9-6-11-23-21)22(29)24-12-10-20(28)27-15-13-26(14-16-27)18-7-4-3-5-8-18/h3-9,11,17H,10,12-16H2,1-2H3,(H,23,25)(H,24,29). The van der Waals surface area contributed by atoms with Gasteiger partial charge in [-0.05, 0) is 38.1 Å². The minimum Gasteiger partial charge on any atom is -0.368 e. The Balaban J connectivity index is 1.44. The maximum atomic E-state index is 12.5. The van der Waals surface area contributed by atoms with Crippen molar-refractivity contribution in [2.24, 2.45) is 0 Å². The number of anilines is 2. The Morgan fingerprint density at radius 1 is 1.03 bits per heavy atom. The number of carbonyl (C=O) groups is 2. The van der Waals surface area contributed by atoms with E-state index in [1.165, 1.54) is 5.69 Å². The number of hydrogen-bond acceptors (Lipinski definition) is 5. The van der Waals surface area contributed by atoms with E-state index < -0.39 is 0 Å². The molecular formula is C22H29N5O2. The van der Waals surface area contributed by atoms with Crippen LogP contribution in [-0.4, -0.2) is 60.5 Å². The van der Waals surface area contributed by atoms with Gasteiger partial charge in [0, 0.05) is 57.1 Å². The molecule has 3 rings (SSSR count). The molecule has 1 aromatic carbocycles. The van der Waals surface area contributed by atoms with Gasteiger partial charge in [-0.3, -0.25) is 9.59 Å². The molecule has 2 amide bonds. The van der Waals surface area contributed by atoms with Gasteiger partial charge in [-0.1, -0.05) is 18.2 Å². The highest BCUT2D eigenvalue weighted by molar-refractivity contribution is 5.98. The molecule has 7 heteroatoms. The molecule has 0 radical (unpaired) electrons. The minimum atomic E-state index is -0.219. The molecule has 154 valence electrons. The molecule has 1 saturated heterocycles. The second-order valence-electron chi connectivity index (χ2n) is 7.41. The van der Waals surface area contributed by atoms with Gasteiger partial charge in [0.05, 0.1) is 5.56 Å². The van der Waals surface area contributed by atoms with Crippen LogP contribution >= 0.6 is 0 Å². The third kappa shape index (κ3) is 5.70. The summed E-state index contributed by atoms with van der Waals surface area (Å²) in [7, 11) is 0. The van der Waals surface area contributed by atoms with Gasteiger partial charge in [-0.25, -0.2) is 4.98 Å². The number of aromatic nitrogens is 1. The van der Waals surface area contributed by atoms with E-state index in [1.54, 1.807) is 18.3 Å². The van der Waals surface area contributed by atoms with E-state index >= 15 is 0 Å². The molecule has 1 aliphatic heterocycles. The Kier molecular flexibility index (Phi) is 7.05. The van der Waals surface area contributed by atoms with Crippen molar-refractivity contribution >= 4 is 23.3 Å². The number of carbonyl (C=O) groups excluding carboxylic acids is 2. The Bertz CT molecular complexity index is 817. The first-order chi connectivity index (χ1) is 14.0. The van der Waals surface area contributed by atoms with Crippen LogP contribution in [-0.2, 0) is 4.79 Å². The van der Waals surface area contributed by atoms with Gasteiger partial charge < -0.3 is 20.4 Å². The van der Waals surface area contributed by atoms with E-state index in [1.807, 2.05) is 36.9 Å². The molecule has 29 heavy (non-hydrogen) atoms. The average Bonchev–Trinajstić information content (AvgIpc) is 2.74. The third-order valence-electron chi connectivity index (χ3n) is 4.86. The normalized spacial score (nSPS) is 14.0. The lowest BCUT2D eigenvalue weighted by Gasteiger charge is -2.36. The van der Waals surface area contributed by atoms with Crippen LogP contribution in [0.5, 0.6) is 0 Å². The fourth-order valence-corrected chi connectivity index (χ4v) is 3.37. The Labute approximate surface area is 172 Å². The van der Waals surface area contributed by atoms with Gasteiger partial charge in [0.15, 0.2) is 0 Å². The minimum absolute atomic E-state index is 0.0738. The van der Waals surface area contributed by atoms with Gasteiger partial charge in [0.25, 0.3) is 5.91 Å². The van der Waals surface area contributed by atoms with Crippen LogP contribution in [0.1, 0.15) is 30.6 Å². The number of benzene rings is 1. The first-order valence-corrected chi connectivity index (χ1v) is 10.1. The number of pyridine rings is 1. The molecule has 7 nitrogen and oxygen atoms in total. The molecule has 1 aliphatic rings. The summed E-state index contributed by atoms with van der Waals surface area (Å²) in [4.78, 5) is 33.4. The average molecular weight is 396 g/mol. The lowest BCUT2D eigenvalue weighted by atomic mass is 10.2. The molecule has 2 aromatic rings. The zero-order valence-corrected chi connectivity index (χ0v) is 17.1. The monoisotopic (exact) mass is 395 g/mol. The predicted octanol–water partition coefficient (Wildman–Crippen LogP) is 2.37. The number of nitrogens with zero attached hydrogens (tertiary/aromatic N) is 3. The quantitative estimate of drug-likeness (QED) is 0.753. The highest BCUT2D eigenvalue weighted by Crippen LogP contribution is 2.16. The van der Waals surface area contributed by atoms with Crippen LogP contribution in [0.25, 0.3) is 0 Å². The zero-order chi connectivity index (χ0) is 20.6. The van der Waals surface area contributed by atoms with E-state index in [9.17, 15) is 9.59 Å². The van der Waals surface area contributed by atoms with E-state index in [0.717, 1.165) is 13.1 Å². The summed E-state index contributed by atoms with van der Waals surface area (Å²) in [5.74, 6) is 0.413. The summed E-state index contributed by atoms with van der Waals surface area (Å²) in [6.07, 6.45) is 1.95. The number of para-hydroxylation sites is 1. The van der Waals surface area contributed by atoms with Gasteiger partial charge >= 0.3 is 0 Å². The van der Waals surface area contributed by atoms with Crippen molar-refractivity contribution in [3.63, 3.8) is 0 Å². The second-order valence-corrected chi connectivity index (χ2v) is 7.41. The number of hydrogen-bond donors (Lipinski definition) is 2. The molecule has 0 saturated carbocycles.